The van der Waals surface area contributed by atoms with Crippen LogP contribution in [0.3, 0.4) is 0 Å². The van der Waals surface area contributed by atoms with Crippen molar-refractivity contribution in [2.45, 2.75) is 32.3 Å². The van der Waals surface area contributed by atoms with Crippen LogP contribution in [0.4, 0.5) is 4.39 Å². The number of rotatable bonds is 5. The Balaban J connectivity index is 1.95. The van der Waals surface area contributed by atoms with Crippen LogP contribution >= 0.6 is 0 Å². The number of nitrogens with one attached hydrogen (secondary N) is 1. The first-order valence-corrected chi connectivity index (χ1v) is 7.17. The Morgan fingerprint density at radius 2 is 2.24 bits per heavy atom. The van der Waals surface area contributed by atoms with Gasteiger partial charge >= 0.3 is 0 Å². The Morgan fingerprint density at radius 1 is 1.43 bits per heavy atom. The standard InChI is InChI=1S/C17H18FNO2/c1-11(20)19-9-8-12-2-7-17(18)15-6-5-14(10-16(12)15)21-13-3-4-13/h2,5-7,10,13H,3-4,8-9H2,1H3,(H,19,20)/i7D. The molecule has 0 heterocycles. The van der Waals surface area contributed by atoms with Gasteiger partial charge in [-0.3, -0.25) is 4.79 Å². The molecule has 0 aliphatic heterocycles. The molecule has 1 aliphatic carbocycles. The highest BCUT2D eigenvalue weighted by atomic mass is 19.1. The first kappa shape index (κ1) is 12.6. The third-order valence-corrected chi connectivity index (χ3v) is 3.54. The first-order chi connectivity index (χ1) is 10.5. The molecule has 4 heteroatoms. The van der Waals surface area contributed by atoms with Gasteiger partial charge in [-0.05, 0) is 54.5 Å². The molecule has 110 valence electrons. The number of hydrogen-bond acceptors (Lipinski definition) is 2. The predicted octanol–water partition coefficient (Wildman–Crippen LogP) is 3.20. The van der Waals surface area contributed by atoms with E-state index in [-0.39, 0.29) is 18.1 Å². The van der Waals surface area contributed by atoms with Crippen molar-refractivity contribution in [1.82, 2.24) is 5.32 Å². The molecule has 21 heavy (non-hydrogen) atoms. The molecule has 0 saturated heterocycles. The minimum Gasteiger partial charge on any atom is -0.490 e. The second-order valence-electron chi connectivity index (χ2n) is 5.39. The monoisotopic (exact) mass is 288 g/mol. The number of halogens is 1. The van der Waals surface area contributed by atoms with E-state index in [1.165, 1.54) is 13.0 Å². The summed E-state index contributed by atoms with van der Waals surface area (Å²) in [5.74, 6) is 0.111. The second kappa shape index (κ2) is 5.72. The van der Waals surface area contributed by atoms with Gasteiger partial charge in [-0.2, -0.15) is 0 Å². The van der Waals surface area contributed by atoms with Crippen LogP contribution < -0.4 is 10.1 Å². The maximum atomic E-state index is 14.1. The fraction of sp³-hybridized carbons (Fsp3) is 0.353. The molecule has 2 aromatic carbocycles. The molecule has 2 aromatic rings. The molecule has 0 spiro atoms. The van der Waals surface area contributed by atoms with E-state index >= 15 is 0 Å². The number of carbonyl (C=O) groups excluding carboxylic acids is 1. The quantitative estimate of drug-likeness (QED) is 0.917. The largest absolute Gasteiger partial charge is 0.490 e. The summed E-state index contributed by atoms with van der Waals surface area (Å²) in [7, 11) is 0. The van der Waals surface area contributed by atoms with E-state index in [1.54, 1.807) is 12.1 Å². The fourth-order valence-corrected chi connectivity index (χ4v) is 2.32. The summed E-state index contributed by atoms with van der Waals surface area (Å²) in [5, 5.41) is 3.90. The van der Waals surface area contributed by atoms with Gasteiger partial charge in [0.05, 0.1) is 7.47 Å². The van der Waals surface area contributed by atoms with Crippen LogP contribution in [0.5, 0.6) is 5.75 Å². The molecule has 3 rings (SSSR count). The summed E-state index contributed by atoms with van der Waals surface area (Å²) >= 11 is 0. The smallest absolute Gasteiger partial charge is 0.216 e. The molecule has 0 atom stereocenters. The van der Waals surface area contributed by atoms with Crippen LogP contribution in [0.15, 0.2) is 30.3 Å². The molecule has 1 aliphatic rings. The number of benzene rings is 2. The predicted molar refractivity (Wildman–Crippen MR) is 79.9 cm³/mol. The molecule has 3 nitrogen and oxygen atoms in total. The zero-order chi connectivity index (χ0) is 15.7. The van der Waals surface area contributed by atoms with E-state index < -0.39 is 5.82 Å². The van der Waals surface area contributed by atoms with Crippen molar-refractivity contribution in [3.8, 4) is 5.75 Å². The van der Waals surface area contributed by atoms with Gasteiger partial charge in [0.2, 0.25) is 5.91 Å². The maximum absolute atomic E-state index is 14.1. The topological polar surface area (TPSA) is 38.3 Å². The Labute approximate surface area is 124 Å². The van der Waals surface area contributed by atoms with Crippen LogP contribution in [0.1, 0.15) is 26.7 Å². The Morgan fingerprint density at radius 3 is 2.95 bits per heavy atom. The third kappa shape index (κ3) is 3.32. The summed E-state index contributed by atoms with van der Waals surface area (Å²) < 4.78 is 27.6. The summed E-state index contributed by atoms with van der Waals surface area (Å²) in [5.41, 5.74) is 0.844. The SMILES string of the molecule is [2H]c1cc(CCNC(C)=O)c2cc(OC3CC3)ccc2c1F. The Kier molecular flexibility index (Phi) is 3.44. The van der Waals surface area contributed by atoms with E-state index in [9.17, 15) is 9.18 Å². The van der Waals surface area contributed by atoms with Crippen molar-refractivity contribution < 1.29 is 15.3 Å². The molecular formula is C17H18FNO2. The highest BCUT2D eigenvalue weighted by Crippen LogP contribution is 2.31. The molecule has 0 radical (unpaired) electrons. The van der Waals surface area contributed by atoms with Crippen molar-refractivity contribution in [3.05, 3.63) is 41.7 Å². The van der Waals surface area contributed by atoms with Crippen molar-refractivity contribution in [1.29, 1.82) is 0 Å². The van der Waals surface area contributed by atoms with Crippen LogP contribution in [0.25, 0.3) is 10.8 Å². The zero-order valence-electron chi connectivity index (χ0n) is 12.9. The van der Waals surface area contributed by atoms with Crippen LogP contribution in [0.2, 0.25) is 0 Å². The number of hydrogen-bond donors (Lipinski definition) is 1. The highest BCUT2D eigenvalue weighted by molar-refractivity contribution is 5.87. The summed E-state index contributed by atoms with van der Waals surface area (Å²) in [6.07, 6.45) is 2.95. The van der Waals surface area contributed by atoms with Crippen molar-refractivity contribution in [2.75, 3.05) is 6.54 Å². The number of ether oxygens (including phenoxy) is 1. The molecule has 0 bridgehead atoms. The van der Waals surface area contributed by atoms with Gasteiger partial charge in [0, 0.05) is 18.9 Å². The molecule has 0 unspecified atom stereocenters. The highest BCUT2D eigenvalue weighted by Gasteiger charge is 2.23. The lowest BCUT2D eigenvalue weighted by Gasteiger charge is -2.11. The van der Waals surface area contributed by atoms with Gasteiger partial charge in [0.15, 0.2) is 0 Å². The normalized spacial score (nSPS) is 14.9. The molecule has 1 N–H and O–H groups in total. The first-order valence-electron chi connectivity index (χ1n) is 7.67. The molecular weight excluding hydrogens is 269 g/mol. The van der Waals surface area contributed by atoms with Gasteiger partial charge in [-0.15, -0.1) is 0 Å². The zero-order valence-corrected chi connectivity index (χ0v) is 11.9. The van der Waals surface area contributed by atoms with Crippen molar-refractivity contribution in [2.24, 2.45) is 0 Å². The van der Waals surface area contributed by atoms with Gasteiger partial charge in [0.25, 0.3) is 0 Å². The molecule has 1 saturated carbocycles. The van der Waals surface area contributed by atoms with E-state index in [0.29, 0.717) is 18.4 Å². The van der Waals surface area contributed by atoms with E-state index in [1.807, 2.05) is 6.07 Å². The molecule has 0 aromatic heterocycles. The van der Waals surface area contributed by atoms with E-state index in [0.717, 1.165) is 29.5 Å². The fourth-order valence-electron chi connectivity index (χ4n) is 2.32. The summed E-state index contributed by atoms with van der Waals surface area (Å²) in [6, 6.07) is 6.66. The summed E-state index contributed by atoms with van der Waals surface area (Å²) in [6.45, 7) is 1.92. The number of fused-ring (bicyclic) bond motifs is 1. The van der Waals surface area contributed by atoms with Gasteiger partial charge < -0.3 is 10.1 Å². The molecule has 1 fully saturated rings. The maximum Gasteiger partial charge on any atom is 0.216 e. The van der Waals surface area contributed by atoms with Crippen LogP contribution in [0, 0.1) is 5.82 Å². The average Bonchev–Trinajstić information content (AvgIpc) is 3.28. The number of carbonyl (C=O) groups is 1. The molecule has 1 amide bonds. The van der Waals surface area contributed by atoms with Crippen molar-refractivity contribution >= 4 is 16.7 Å². The van der Waals surface area contributed by atoms with Crippen LogP contribution in [-0.2, 0) is 11.2 Å². The minimum absolute atomic E-state index is 0.102. The van der Waals surface area contributed by atoms with Crippen molar-refractivity contribution in [3.63, 3.8) is 0 Å². The van der Waals surface area contributed by atoms with Gasteiger partial charge in [-0.25, -0.2) is 4.39 Å². The summed E-state index contributed by atoms with van der Waals surface area (Å²) in [4.78, 5) is 11.0. The lowest BCUT2D eigenvalue weighted by Crippen LogP contribution is -2.22. The second-order valence-corrected chi connectivity index (χ2v) is 5.39. The lowest BCUT2D eigenvalue weighted by atomic mass is 10.0. The lowest BCUT2D eigenvalue weighted by molar-refractivity contribution is -0.118. The third-order valence-electron chi connectivity index (χ3n) is 3.54. The van der Waals surface area contributed by atoms with E-state index in [2.05, 4.69) is 5.32 Å². The number of amides is 1. The Hall–Kier alpha value is -2.10. The van der Waals surface area contributed by atoms with Gasteiger partial charge in [-0.1, -0.05) is 6.07 Å². The van der Waals surface area contributed by atoms with Gasteiger partial charge in [0.1, 0.15) is 11.6 Å². The van der Waals surface area contributed by atoms with E-state index in [4.69, 9.17) is 6.11 Å². The van der Waals surface area contributed by atoms with Crippen LogP contribution in [-0.4, -0.2) is 18.6 Å². The Bertz CT molecular complexity index is 728. The average molecular weight is 288 g/mol. The minimum atomic E-state index is -0.517.